The van der Waals surface area contributed by atoms with Crippen LogP contribution in [0.5, 0.6) is 0 Å². The summed E-state index contributed by atoms with van der Waals surface area (Å²) in [4.78, 5) is 9.07. The van der Waals surface area contributed by atoms with Gasteiger partial charge in [-0.2, -0.15) is 0 Å². The molecule has 4 heterocycles. The maximum Gasteiger partial charge on any atom is 0.164 e. The van der Waals surface area contributed by atoms with E-state index in [1.54, 1.807) is 6.33 Å². The molecule has 2 aliphatic heterocycles. The summed E-state index contributed by atoms with van der Waals surface area (Å²) in [6.07, 6.45) is 4.11. The molecule has 0 bridgehead atoms. The topological polar surface area (TPSA) is 90.7 Å². The van der Waals surface area contributed by atoms with Crippen molar-refractivity contribution in [1.29, 1.82) is 0 Å². The minimum atomic E-state index is -0.717. The van der Waals surface area contributed by atoms with Gasteiger partial charge in [-0.1, -0.05) is 24.3 Å². The van der Waals surface area contributed by atoms with E-state index in [9.17, 15) is 5.11 Å². The average Bonchev–Trinajstić information content (AvgIpc) is 3.50. The van der Waals surface area contributed by atoms with Gasteiger partial charge in [-0.15, -0.1) is 0 Å². The van der Waals surface area contributed by atoms with Crippen molar-refractivity contribution in [1.82, 2.24) is 14.5 Å². The highest BCUT2D eigenvalue weighted by Crippen LogP contribution is 2.44. The Labute approximate surface area is 180 Å². The lowest BCUT2D eigenvalue weighted by molar-refractivity contribution is -0.199. The zero-order chi connectivity index (χ0) is 21.2. The Hall–Kier alpha value is -2.52. The van der Waals surface area contributed by atoms with Crippen molar-refractivity contribution in [2.75, 3.05) is 11.9 Å². The maximum atomic E-state index is 9.79. The van der Waals surface area contributed by atoms with Gasteiger partial charge in [0.05, 0.1) is 18.0 Å². The Morgan fingerprint density at radius 1 is 1.16 bits per heavy atom. The number of aromatic nitrogens is 3. The summed E-state index contributed by atoms with van der Waals surface area (Å²) in [6, 6.07) is 10.8. The van der Waals surface area contributed by atoms with Gasteiger partial charge in [-0.3, -0.25) is 0 Å². The highest BCUT2D eigenvalue weighted by Gasteiger charge is 2.55. The van der Waals surface area contributed by atoms with Crippen LogP contribution in [-0.4, -0.2) is 50.3 Å². The molecule has 8 nitrogen and oxygen atoms in total. The summed E-state index contributed by atoms with van der Waals surface area (Å²) in [7, 11) is 0. The number of hydrogen-bond donors (Lipinski definition) is 2. The van der Waals surface area contributed by atoms with E-state index in [1.807, 2.05) is 30.7 Å². The number of aryl methyl sites for hydroxylation is 1. The van der Waals surface area contributed by atoms with E-state index < -0.39 is 18.1 Å². The number of nitrogens with zero attached hydrogens (tertiary/aromatic N) is 3. The summed E-state index contributed by atoms with van der Waals surface area (Å²) >= 11 is 0. The number of hydrogen-bond acceptors (Lipinski definition) is 7. The quantitative estimate of drug-likeness (QED) is 0.668. The first kappa shape index (κ1) is 19.2. The van der Waals surface area contributed by atoms with Crippen molar-refractivity contribution in [2.24, 2.45) is 0 Å². The first-order chi connectivity index (χ1) is 15.0. The molecule has 2 fully saturated rings. The number of aliphatic hydroxyl groups is 1. The minimum absolute atomic E-state index is 0.126. The third kappa shape index (κ3) is 3.05. The molecule has 3 aliphatic rings. The normalized spacial score (nSPS) is 31.1. The molecule has 1 aromatic carbocycles. The highest BCUT2D eigenvalue weighted by molar-refractivity contribution is 5.87. The first-order valence-electron chi connectivity index (χ1n) is 10.8. The molecule has 8 heteroatoms. The van der Waals surface area contributed by atoms with Gasteiger partial charge in [0.25, 0.3) is 0 Å². The summed E-state index contributed by atoms with van der Waals surface area (Å²) in [6.45, 7) is 3.64. The Morgan fingerprint density at radius 3 is 2.87 bits per heavy atom. The molecule has 5 unspecified atom stereocenters. The largest absolute Gasteiger partial charge is 0.394 e. The molecule has 1 aliphatic carbocycles. The van der Waals surface area contributed by atoms with Crippen molar-refractivity contribution in [3.05, 3.63) is 54.0 Å². The van der Waals surface area contributed by atoms with Crippen LogP contribution >= 0.6 is 0 Å². The molecule has 0 saturated carbocycles. The van der Waals surface area contributed by atoms with Crippen LogP contribution in [0.15, 0.2) is 42.9 Å². The number of ether oxygens (including phenoxy) is 3. The predicted molar refractivity (Wildman–Crippen MR) is 113 cm³/mol. The van der Waals surface area contributed by atoms with Gasteiger partial charge >= 0.3 is 0 Å². The molecule has 6 rings (SSSR count). The summed E-state index contributed by atoms with van der Waals surface area (Å²) in [5.41, 5.74) is 3.49. The molecule has 0 amide bonds. The van der Waals surface area contributed by atoms with Gasteiger partial charge in [0.15, 0.2) is 12.0 Å². The number of rotatable bonds is 4. The lowest BCUT2D eigenvalue weighted by atomic mass is 10.1. The van der Waals surface area contributed by atoms with E-state index >= 15 is 0 Å². The van der Waals surface area contributed by atoms with Crippen molar-refractivity contribution in [3.63, 3.8) is 0 Å². The van der Waals surface area contributed by atoms with Crippen LogP contribution in [0.1, 0.15) is 43.7 Å². The van der Waals surface area contributed by atoms with Crippen molar-refractivity contribution < 1.29 is 19.3 Å². The molecule has 31 heavy (non-hydrogen) atoms. The van der Waals surface area contributed by atoms with E-state index in [2.05, 4.69) is 39.6 Å². The first-order valence-corrected chi connectivity index (χ1v) is 10.8. The fourth-order valence-corrected chi connectivity index (χ4v) is 5.19. The van der Waals surface area contributed by atoms with E-state index in [-0.39, 0.29) is 24.9 Å². The summed E-state index contributed by atoms with van der Waals surface area (Å²) < 4.78 is 20.2. The standard InChI is InChI=1S/C23H26N4O4/c1-23(2)30-18-17(11-28)29-22(19(18)31-23)27-10-9-15-20(24-12-25-21(15)27)26-16-8-7-13-5-3-4-6-14(13)16/h3-6,9-10,12,16-19,22,28H,7-8,11H2,1-2H3,(H,24,25,26). The van der Waals surface area contributed by atoms with Gasteiger partial charge < -0.3 is 29.2 Å². The molecule has 5 atom stereocenters. The minimum Gasteiger partial charge on any atom is -0.394 e. The lowest BCUT2D eigenvalue weighted by Crippen LogP contribution is -2.31. The van der Waals surface area contributed by atoms with Crippen LogP contribution in [0.3, 0.4) is 0 Å². The molecule has 2 N–H and O–H groups in total. The van der Waals surface area contributed by atoms with Gasteiger partial charge in [0.2, 0.25) is 0 Å². The van der Waals surface area contributed by atoms with Gasteiger partial charge in [-0.05, 0) is 43.9 Å². The molecule has 2 saturated heterocycles. The molecule has 0 spiro atoms. The fraction of sp³-hybridized carbons (Fsp3) is 0.478. The number of fused-ring (bicyclic) bond motifs is 3. The molecule has 3 aromatic rings. The zero-order valence-electron chi connectivity index (χ0n) is 17.6. The van der Waals surface area contributed by atoms with Crippen LogP contribution in [0.2, 0.25) is 0 Å². The van der Waals surface area contributed by atoms with Crippen molar-refractivity contribution in [3.8, 4) is 0 Å². The lowest BCUT2D eigenvalue weighted by Gasteiger charge is -2.24. The smallest absolute Gasteiger partial charge is 0.164 e. The average molecular weight is 422 g/mol. The molecule has 162 valence electrons. The Kier molecular flexibility index (Phi) is 4.33. The van der Waals surface area contributed by atoms with Crippen LogP contribution < -0.4 is 5.32 Å². The Morgan fingerprint density at radius 2 is 2.00 bits per heavy atom. The summed E-state index contributed by atoms with van der Waals surface area (Å²) in [5.74, 6) is 0.0910. The van der Waals surface area contributed by atoms with E-state index in [4.69, 9.17) is 14.2 Å². The molecule has 0 radical (unpaired) electrons. The highest BCUT2D eigenvalue weighted by atomic mass is 16.8. The second-order valence-corrected chi connectivity index (χ2v) is 8.93. The third-order valence-corrected chi connectivity index (χ3v) is 6.53. The molecular weight excluding hydrogens is 396 g/mol. The SMILES string of the molecule is CC1(C)OC2C(CO)OC(n3ccc4c(NC5CCc6ccccc65)ncnc43)C2O1. The van der Waals surface area contributed by atoms with Crippen LogP contribution in [-0.2, 0) is 20.6 Å². The monoisotopic (exact) mass is 422 g/mol. The second-order valence-electron chi connectivity index (χ2n) is 8.93. The van der Waals surface area contributed by atoms with E-state index in [0.29, 0.717) is 0 Å². The van der Waals surface area contributed by atoms with Crippen LogP contribution in [0.4, 0.5) is 5.82 Å². The molecular formula is C23H26N4O4. The van der Waals surface area contributed by atoms with Gasteiger partial charge in [0.1, 0.15) is 36.1 Å². The summed E-state index contributed by atoms with van der Waals surface area (Å²) in [5, 5.41) is 14.3. The van der Waals surface area contributed by atoms with Gasteiger partial charge in [0, 0.05) is 6.20 Å². The van der Waals surface area contributed by atoms with Crippen molar-refractivity contribution in [2.45, 2.75) is 63.1 Å². The Balaban J connectivity index is 1.33. The van der Waals surface area contributed by atoms with E-state index in [0.717, 1.165) is 29.7 Å². The predicted octanol–water partition coefficient (Wildman–Crippen LogP) is 2.94. The van der Waals surface area contributed by atoms with Crippen LogP contribution in [0, 0.1) is 0 Å². The third-order valence-electron chi connectivity index (χ3n) is 6.53. The van der Waals surface area contributed by atoms with Crippen LogP contribution in [0.25, 0.3) is 11.0 Å². The number of nitrogens with one attached hydrogen (secondary N) is 1. The van der Waals surface area contributed by atoms with Gasteiger partial charge in [-0.25, -0.2) is 9.97 Å². The second kappa shape index (κ2) is 7.00. The maximum absolute atomic E-state index is 9.79. The Bertz CT molecular complexity index is 1130. The number of aliphatic hydroxyl groups excluding tert-OH is 1. The zero-order valence-corrected chi connectivity index (χ0v) is 17.6. The fourth-order valence-electron chi connectivity index (χ4n) is 5.19. The van der Waals surface area contributed by atoms with E-state index in [1.165, 1.54) is 11.1 Å². The number of anilines is 1. The number of benzene rings is 1. The molecule has 2 aromatic heterocycles. The van der Waals surface area contributed by atoms with Crippen molar-refractivity contribution >= 4 is 16.9 Å².